The van der Waals surface area contributed by atoms with E-state index in [0.717, 1.165) is 12.2 Å². The van der Waals surface area contributed by atoms with E-state index >= 15 is 0 Å². The summed E-state index contributed by atoms with van der Waals surface area (Å²) in [5.74, 6) is -1.26. The molecule has 0 aromatic carbocycles. The Morgan fingerprint density at radius 2 is 2.00 bits per heavy atom. The molecule has 50 valence electrons. The molecule has 0 saturated carbocycles. The lowest BCUT2D eigenvalue weighted by molar-refractivity contribution is -0.131. The summed E-state index contributed by atoms with van der Waals surface area (Å²) in [5.41, 5.74) is 0. The Labute approximate surface area is 53.0 Å². The van der Waals surface area contributed by atoms with Gasteiger partial charge in [-0.1, -0.05) is 6.92 Å². The van der Waals surface area contributed by atoms with Gasteiger partial charge in [0.15, 0.2) is 5.78 Å². The molecule has 0 aliphatic rings. The van der Waals surface area contributed by atoms with Crippen LogP contribution in [-0.4, -0.2) is 16.9 Å². The van der Waals surface area contributed by atoms with Crippen LogP contribution in [-0.2, 0) is 9.59 Å². The second kappa shape index (κ2) is 3.83. The van der Waals surface area contributed by atoms with Crippen molar-refractivity contribution < 1.29 is 14.7 Å². The third-order valence-electron chi connectivity index (χ3n) is 0.760. The highest BCUT2D eigenvalue weighted by Gasteiger charge is 1.90. The Bertz CT molecular complexity index is 146. The minimum Gasteiger partial charge on any atom is -0.478 e. The molecule has 3 heteroatoms. The van der Waals surface area contributed by atoms with Gasteiger partial charge >= 0.3 is 5.97 Å². The van der Waals surface area contributed by atoms with Crippen molar-refractivity contribution in [3.63, 3.8) is 0 Å². The van der Waals surface area contributed by atoms with Crippen LogP contribution in [0.15, 0.2) is 12.2 Å². The van der Waals surface area contributed by atoms with Crippen molar-refractivity contribution in [3.05, 3.63) is 12.2 Å². The third-order valence-corrected chi connectivity index (χ3v) is 0.760. The van der Waals surface area contributed by atoms with Gasteiger partial charge in [0.2, 0.25) is 0 Å². The van der Waals surface area contributed by atoms with Gasteiger partial charge in [0.25, 0.3) is 0 Å². The quantitative estimate of drug-likeness (QED) is 0.566. The van der Waals surface area contributed by atoms with Crippen molar-refractivity contribution >= 4 is 11.8 Å². The van der Waals surface area contributed by atoms with E-state index in [-0.39, 0.29) is 5.78 Å². The van der Waals surface area contributed by atoms with Crippen LogP contribution in [0.25, 0.3) is 0 Å². The number of allylic oxidation sites excluding steroid dienone is 1. The van der Waals surface area contributed by atoms with Crippen molar-refractivity contribution in [1.82, 2.24) is 0 Å². The minimum atomic E-state index is -1.09. The molecule has 0 saturated heterocycles. The number of carboxylic acid groups (broad SMARTS) is 1. The molecule has 0 spiro atoms. The van der Waals surface area contributed by atoms with E-state index in [9.17, 15) is 9.59 Å². The lowest BCUT2D eigenvalue weighted by atomic mass is 10.3. The molecule has 0 radical (unpaired) electrons. The van der Waals surface area contributed by atoms with E-state index in [0.29, 0.717) is 6.42 Å². The van der Waals surface area contributed by atoms with Crippen molar-refractivity contribution in [3.8, 4) is 0 Å². The van der Waals surface area contributed by atoms with Crippen LogP contribution in [0.4, 0.5) is 0 Å². The van der Waals surface area contributed by atoms with Crippen LogP contribution in [0.3, 0.4) is 0 Å². The smallest absolute Gasteiger partial charge is 0.328 e. The Morgan fingerprint density at radius 1 is 1.44 bits per heavy atom. The standard InChI is InChI=1S/C6H8O3/c1-2-5(7)3-4-6(8)9/h3-4H,2H2,1H3,(H,8,9)/b4-3+. The predicted octanol–water partition coefficient (Wildman–Crippen LogP) is 0.606. The van der Waals surface area contributed by atoms with Crippen molar-refractivity contribution in [1.29, 1.82) is 0 Å². The van der Waals surface area contributed by atoms with Crippen molar-refractivity contribution in [2.45, 2.75) is 13.3 Å². The zero-order chi connectivity index (χ0) is 7.28. The first-order valence-corrected chi connectivity index (χ1v) is 2.60. The molecular weight excluding hydrogens is 120 g/mol. The van der Waals surface area contributed by atoms with E-state index in [4.69, 9.17) is 5.11 Å². The maximum Gasteiger partial charge on any atom is 0.328 e. The molecule has 0 atom stereocenters. The molecule has 0 aliphatic heterocycles. The maximum atomic E-state index is 10.4. The molecule has 0 heterocycles. The molecule has 0 fully saturated rings. The molecular formula is C6H8O3. The molecule has 1 N–H and O–H groups in total. The fraction of sp³-hybridized carbons (Fsp3) is 0.333. The Kier molecular flexibility index (Phi) is 3.35. The fourth-order valence-electron chi connectivity index (χ4n) is 0.282. The van der Waals surface area contributed by atoms with Gasteiger partial charge in [-0.25, -0.2) is 4.79 Å². The van der Waals surface area contributed by atoms with Crippen molar-refractivity contribution in [2.24, 2.45) is 0 Å². The van der Waals surface area contributed by atoms with Gasteiger partial charge in [-0.15, -0.1) is 0 Å². The lowest BCUT2D eigenvalue weighted by Gasteiger charge is -1.80. The number of hydrogen-bond acceptors (Lipinski definition) is 2. The first kappa shape index (κ1) is 7.88. The van der Waals surface area contributed by atoms with Gasteiger partial charge in [0.1, 0.15) is 0 Å². The molecule has 9 heavy (non-hydrogen) atoms. The summed E-state index contributed by atoms with van der Waals surface area (Å²) in [5, 5.41) is 8.02. The lowest BCUT2D eigenvalue weighted by Crippen LogP contribution is -1.92. The second-order valence-corrected chi connectivity index (χ2v) is 1.49. The number of hydrogen-bond donors (Lipinski definition) is 1. The summed E-state index contributed by atoms with van der Waals surface area (Å²) in [6, 6.07) is 0. The number of rotatable bonds is 3. The summed E-state index contributed by atoms with van der Waals surface area (Å²) in [6.45, 7) is 1.68. The SMILES string of the molecule is CCC(=O)/C=C/C(=O)O. The normalized spacial score (nSPS) is 9.89. The number of carbonyl (C=O) groups excluding carboxylic acids is 1. The van der Waals surface area contributed by atoms with E-state index in [2.05, 4.69) is 0 Å². The van der Waals surface area contributed by atoms with E-state index in [1.54, 1.807) is 6.92 Å². The van der Waals surface area contributed by atoms with E-state index in [1.165, 1.54) is 0 Å². The number of carboxylic acids is 1. The predicted molar refractivity (Wildman–Crippen MR) is 32.1 cm³/mol. The number of carbonyl (C=O) groups is 2. The molecule has 3 nitrogen and oxygen atoms in total. The van der Waals surface area contributed by atoms with Gasteiger partial charge in [0.05, 0.1) is 0 Å². The van der Waals surface area contributed by atoms with Crippen LogP contribution in [0.1, 0.15) is 13.3 Å². The summed E-state index contributed by atoms with van der Waals surface area (Å²) >= 11 is 0. The summed E-state index contributed by atoms with van der Waals surface area (Å²) in [7, 11) is 0. The minimum absolute atomic E-state index is 0.169. The molecule has 0 bridgehead atoms. The third kappa shape index (κ3) is 4.74. The van der Waals surface area contributed by atoms with E-state index in [1.807, 2.05) is 0 Å². The van der Waals surface area contributed by atoms with Crippen LogP contribution in [0, 0.1) is 0 Å². The molecule has 0 amide bonds. The van der Waals surface area contributed by atoms with Gasteiger partial charge in [0, 0.05) is 12.5 Å². The first-order valence-electron chi connectivity index (χ1n) is 2.60. The van der Waals surface area contributed by atoms with Crippen LogP contribution in [0.2, 0.25) is 0 Å². The van der Waals surface area contributed by atoms with Crippen LogP contribution < -0.4 is 0 Å². The maximum absolute atomic E-state index is 10.4. The van der Waals surface area contributed by atoms with Gasteiger partial charge in [-0.2, -0.15) is 0 Å². The summed E-state index contributed by atoms with van der Waals surface area (Å²) < 4.78 is 0. The average Bonchev–Trinajstić information content (AvgIpc) is 1.83. The van der Waals surface area contributed by atoms with Gasteiger partial charge < -0.3 is 5.11 Å². The van der Waals surface area contributed by atoms with Crippen LogP contribution >= 0.6 is 0 Å². The van der Waals surface area contributed by atoms with Crippen LogP contribution in [0.5, 0.6) is 0 Å². The monoisotopic (exact) mass is 128 g/mol. The molecule has 0 rings (SSSR count). The largest absolute Gasteiger partial charge is 0.478 e. The molecule has 0 aromatic heterocycles. The first-order chi connectivity index (χ1) is 4.16. The average molecular weight is 128 g/mol. The Balaban J connectivity index is 3.71. The van der Waals surface area contributed by atoms with E-state index < -0.39 is 5.97 Å². The topological polar surface area (TPSA) is 54.4 Å². The zero-order valence-corrected chi connectivity index (χ0v) is 5.13. The van der Waals surface area contributed by atoms with Crippen molar-refractivity contribution in [2.75, 3.05) is 0 Å². The highest BCUT2D eigenvalue weighted by Crippen LogP contribution is 1.82. The Hall–Kier alpha value is -1.12. The highest BCUT2D eigenvalue weighted by atomic mass is 16.4. The summed E-state index contributed by atoms with van der Waals surface area (Å²) in [6.07, 6.45) is 2.25. The highest BCUT2D eigenvalue weighted by molar-refractivity contribution is 5.94. The van der Waals surface area contributed by atoms with Gasteiger partial charge in [-0.05, 0) is 6.08 Å². The second-order valence-electron chi connectivity index (χ2n) is 1.49. The molecule has 0 aliphatic carbocycles. The summed E-state index contributed by atoms with van der Waals surface area (Å²) in [4.78, 5) is 20.1. The zero-order valence-electron chi connectivity index (χ0n) is 5.13. The molecule has 0 unspecified atom stereocenters. The fourth-order valence-corrected chi connectivity index (χ4v) is 0.282. The Morgan fingerprint density at radius 3 is 2.33 bits per heavy atom. The molecule has 0 aromatic rings. The number of ketones is 1. The van der Waals surface area contributed by atoms with Gasteiger partial charge in [-0.3, -0.25) is 4.79 Å². The number of aliphatic carboxylic acids is 1.